The highest BCUT2D eigenvalue weighted by Gasteiger charge is 1.94. The number of aliphatic carboxylic acids is 1. The Kier molecular flexibility index (Phi) is 5.34. The predicted octanol–water partition coefficient (Wildman–Crippen LogP) is 0.319. The van der Waals surface area contributed by atoms with Crippen molar-refractivity contribution in [1.82, 2.24) is 5.32 Å². The summed E-state index contributed by atoms with van der Waals surface area (Å²) in [5, 5.41) is 11.0. The zero-order valence-corrected chi connectivity index (χ0v) is 6.78. The van der Waals surface area contributed by atoms with Crippen LogP contribution < -0.4 is 5.32 Å². The van der Waals surface area contributed by atoms with Crippen LogP contribution in [0.2, 0.25) is 0 Å². The van der Waals surface area contributed by atoms with Gasteiger partial charge >= 0.3 is 5.97 Å². The number of hydrogen-bond donors (Lipinski definition) is 2. The lowest BCUT2D eigenvalue weighted by Gasteiger charge is -1.89. The largest absolute Gasteiger partial charge is 0.478 e. The van der Waals surface area contributed by atoms with Gasteiger partial charge in [-0.15, -0.1) is 0 Å². The van der Waals surface area contributed by atoms with Crippen molar-refractivity contribution in [2.75, 3.05) is 6.54 Å². The highest BCUT2D eigenvalue weighted by molar-refractivity contribution is 5.86. The highest BCUT2D eigenvalue weighted by Crippen LogP contribution is 1.91. The molecular formula is C8H11NO3. The average molecular weight is 169 g/mol. The fourth-order valence-electron chi connectivity index (χ4n) is 0.448. The van der Waals surface area contributed by atoms with Gasteiger partial charge in [0.15, 0.2) is 0 Å². The summed E-state index contributed by atoms with van der Waals surface area (Å²) in [6, 6.07) is 0. The molecule has 0 aliphatic heterocycles. The topological polar surface area (TPSA) is 66.4 Å². The van der Waals surface area contributed by atoms with Crippen molar-refractivity contribution in [3.8, 4) is 0 Å². The summed E-state index contributed by atoms with van der Waals surface area (Å²) < 4.78 is 0. The fraction of sp³-hybridized carbons (Fsp3) is 0.250. The maximum absolute atomic E-state index is 10.2. The summed E-state index contributed by atoms with van der Waals surface area (Å²) in [7, 11) is 0. The van der Waals surface area contributed by atoms with Gasteiger partial charge < -0.3 is 15.2 Å². The van der Waals surface area contributed by atoms with Gasteiger partial charge in [0.2, 0.25) is 0 Å². The Balaban J connectivity index is 3.78. The minimum atomic E-state index is -0.949. The molecule has 4 nitrogen and oxygen atoms in total. The average Bonchev–Trinajstić information content (AvgIpc) is 2.03. The van der Waals surface area contributed by atoms with Gasteiger partial charge in [-0.1, -0.05) is 6.08 Å². The van der Waals surface area contributed by atoms with Gasteiger partial charge in [-0.05, 0) is 19.2 Å². The zero-order valence-electron chi connectivity index (χ0n) is 6.78. The molecule has 66 valence electrons. The first-order chi connectivity index (χ1) is 5.68. The molecule has 0 heterocycles. The van der Waals surface area contributed by atoms with Crippen molar-refractivity contribution >= 4 is 12.3 Å². The van der Waals surface area contributed by atoms with Crippen molar-refractivity contribution in [3.63, 3.8) is 0 Å². The molecule has 0 saturated carbocycles. The molecule has 0 unspecified atom stereocenters. The molecular weight excluding hydrogens is 158 g/mol. The molecule has 0 rings (SSSR count). The van der Waals surface area contributed by atoms with E-state index in [9.17, 15) is 9.59 Å². The van der Waals surface area contributed by atoms with Crippen LogP contribution in [0.1, 0.15) is 6.92 Å². The molecule has 4 heteroatoms. The number of carbonyl (C=O) groups is 2. The van der Waals surface area contributed by atoms with E-state index in [2.05, 4.69) is 5.32 Å². The van der Waals surface area contributed by atoms with E-state index in [4.69, 9.17) is 5.11 Å². The molecule has 0 aromatic heterocycles. The van der Waals surface area contributed by atoms with Gasteiger partial charge in [-0.2, -0.15) is 0 Å². The molecule has 0 radical (unpaired) electrons. The summed E-state index contributed by atoms with van der Waals surface area (Å²) in [5.41, 5.74) is 0.249. The molecule has 0 spiro atoms. The SMILES string of the molecule is C/C(=C\C=C/NCC=O)C(=O)O. The van der Waals surface area contributed by atoms with Crippen LogP contribution >= 0.6 is 0 Å². The monoisotopic (exact) mass is 169 g/mol. The summed E-state index contributed by atoms with van der Waals surface area (Å²) in [6.45, 7) is 1.73. The minimum absolute atomic E-state index is 0.233. The number of carbonyl (C=O) groups excluding carboxylic acids is 1. The van der Waals surface area contributed by atoms with Crippen LogP contribution in [0.15, 0.2) is 23.9 Å². The Morgan fingerprint density at radius 1 is 1.58 bits per heavy atom. The van der Waals surface area contributed by atoms with Crippen molar-refractivity contribution in [2.45, 2.75) is 6.92 Å². The second-order valence-corrected chi connectivity index (χ2v) is 2.09. The first kappa shape index (κ1) is 10.4. The van der Waals surface area contributed by atoms with E-state index in [-0.39, 0.29) is 12.1 Å². The lowest BCUT2D eigenvalue weighted by atomic mass is 10.3. The van der Waals surface area contributed by atoms with E-state index in [0.717, 1.165) is 6.29 Å². The van der Waals surface area contributed by atoms with Gasteiger partial charge in [-0.3, -0.25) is 0 Å². The second kappa shape index (κ2) is 6.15. The van der Waals surface area contributed by atoms with Crippen LogP contribution in [-0.4, -0.2) is 23.9 Å². The van der Waals surface area contributed by atoms with Crippen LogP contribution in [0, 0.1) is 0 Å². The molecule has 0 amide bonds. The van der Waals surface area contributed by atoms with Gasteiger partial charge in [-0.25, -0.2) is 4.79 Å². The van der Waals surface area contributed by atoms with E-state index in [0.29, 0.717) is 0 Å². The molecule has 0 aliphatic carbocycles. The van der Waals surface area contributed by atoms with E-state index in [1.807, 2.05) is 0 Å². The van der Waals surface area contributed by atoms with Gasteiger partial charge in [0, 0.05) is 5.57 Å². The molecule has 0 aromatic rings. The number of nitrogens with one attached hydrogen (secondary N) is 1. The molecule has 2 N–H and O–H groups in total. The smallest absolute Gasteiger partial charge is 0.331 e. The van der Waals surface area contributed by atoms with E-state index in [1.54, 1.807) is 0 Å². The Bertz CT molecular complexity index is 218. The number of allylic oxidation sites excluding steroid dienone is 2. The Morgan fingerprint density at radius 2 is 2.25 bits per heavy atom. The number of carboxylic acids is 1. The van der Waals surface area contributed by atoms with Crippen molar-refractivity contribution in [2.24, 2.45) is 0 Å². The maximum atomic E-state index is 10.2. The molecule has 0 atom stereocenters. The minimum Gasteiger partial charge on any atom is -0.478 e. The number of rotatable bonds is 5. The van der Waals surface area contributed by atoms with Crippen LogP contribution in [0.3, 0.4) is 0 Å². The summed E-state index contributed by atoms with van der Waals surface area (Å²) >= 11 is 0. The molecule has 0 fully saturated rings. The number of hydrogen-bond acceptors (Lipinski definition) is 3. The molecule has 12 heavy (non-hydrogen) atoms. The van der Waals surface area contributed by atoms with Gasteiger partial charge in [0.05, 0.1) is 6.54 Å². The Morgan fingerprint density at radius 3 is 2.75 bits per heavy atom. The lowest BCUT2D eigenvalue weighted by Crippen LogP contribution is -2.06. The normalized spacial score (nSPS) is 11.6. The van der Waals surface area contributed by atoms with Gasteiger partial charge in [0.1, 0.15) is 6.29 Å². The van der Waals surface area contributed by atoms with Crippen LogP contribution in [-0.2, 0) is 9.59 Å². The van der Waals surface area contributed by atoms with Crippen molar-refractivity contribution in [1.29, 1.82) is 0 Å². The standard InChI is InChI=1S/C8H11NO3/c1-7(8(11)12)3-2-4-9-5-6-10/h2-4,6,9H,5H2,1H3,(H,11,12)/b4-2-,7-3+. The van der Waals surface area contributed by atoms with Crippen LogP contribution in [0.25, 0.3) is 0 Å². The third-order valence-corrected chi connectivity index (χ3v) is 1.10. The second-order valence-electron chi connectivity index (χ2n) is 2.09. The summed E-state index contributed by atoms with van der Waals surface area (Å²) in [6.07, 6.45) is 5.21. The highest BCUT2D eigenvalue weighted by atomic mass is 16.4. The molecule has 0 aliphatic rings. The molecule has 0 aromatic carbocycles. The molecule has 0 bridgehead atoms. The maximum Gasteiger partial charge on any atom is 0.331 e. The molecule has 0 saturated heterocycles. The quantitative estimate of drug-likeness (QED) is 0.269. The van der Waals surface area contributed by atoms with Crippen molar-refractivity contribution < 1.29 is 14.7 Å². The van der Waals surface area contributed by atoms with E-state index < -0.39 is 5.97 Å². The summed E-state index contributed by atoms with van der Waals surface area (Å²) in [4.78, 5) is 20.0. The predicted molar refractivity (Wildman–Crippen MR) is 44.6 cm³/mol. The van der Waals surface area contributed by atoms with E-state index >= 15 is 0 Å². The van der Waals surface area contributed by atoms with Crippen molar-refractivity contribution in [3.05, 3.63) is 23.9 Å². The van der Waals surface area contributed by atoms with E-state index in [1.165, 1.54) is 25.3 Å². The Hall–Kier alpha value is -1.58. The first-order valence-electron chi connectivity index (χ1n) is 3.42. The first-order valence-corrected chi connectivity index (χ1v) is 3.42. The number of aldehydes is 1. The third-order valence-electron chi connectivity index (χ3n) is 1.10. The lowest BCUT2D eigenvalue weighted by molar-refractivity contribution is -0.132. The fourth-order valence-corrected chi connectivity index (χ4v) is 0.448. The number of carboxylic acid groups (broad SMARTS) is 1. The van der Waals surface area contributed by atoms with Crippen LogP contribution in [0.5, 0.6) is 0 Å². The summed E-state index contributed by atoms with van der Waals surface area (Å²) in [5.74, 6) is -0.949. The Labute approximate surface area is 70.6 Å². The third kappa shape index (κ3) is 5.22. The van der Waals surface area contributed by atoms with Gasteiger partial charge in [0.25, 0.3) is 0 Å². The zero-order chi connectivity index (χ0) is 9.40. The van der Waals surface area contributed by atoms with Crippen LogP contribution in [0.4, 0.5) is 0 Å².